The zero-order valence-corrected chi connectivity index (χ0v) is 6.15. The first kappa shape index (κ1) is 6.75. The molecule has 0 N–H and O–H groups in total. The third kappa shape index (κ3) is 1.79. The fourth-order valence-corrected chi connectivity index (χ4v) is 1.14. The Labute approximate surface area is 62.1 Å². The Balaban J connectivity index is 3.17. The van der Waals surface area contributed by atoms with Crippen molar-refractivity contribution in [2.45, 2.75) is 11.8 Å². The van der Waals surface area contributed by atoms with E-state index < -0.39 is 0 Å². The molecule has 0 nitrogen and oxygen atoms in total. The number of hydrogen-bond donors (Lipinski definition) is 1. The standard InChI is InChI=1S/C7H7BS/c1-5-2-6(8)4-7(9)3-5/h2-4,9H,1H3. The van der Waals surface area contributed by atoms with Crippen molar-refractivity contribution < 1.29 is 0 Å². The summed E-state index contributed by atoms with van der Waals surface area (Å²) in [5.41, 5.74) is 1.93. The predicted octanol–water partition coefficient (Wildman–Crippen LogP) is 1.08. The van der Waals surface area contributed by atoms with Crippen molar-refractivity contribution in [1.29, 1.82) is 0 Å². The molecule has 1 aromatic rings. The number of rotatable bonds is 0. The highest BCUT2D eigenvalue weighted by Crippen LogP contribution is 2.04. The maximum atomic E-state index is 5.51. The maximum Gasteiger partial charge on any atom is 0.113 e. The van der Waals surface area contributed by atoms with Crippen LogP contribution >= 0.6 is 12.6 Å². The molecule has 1 rings (SSSR count). The van der Waals surface area contributed by atoms with E-state index in [2.05, 4.69) is 12.6 Å². The van der Waals surface area contributed by atoms with Crippen LogP contribution < -0.4 is 5.46 Å². The fourth-order valence-electron chi connectivity index (χ4n) is 0.792. The molecule has 0 aliphatic carbocycles. The third-order valence-electron chi connectivity index (χ3n) is 1.08. The Morgan fingerprint density at radius 1 is 1.33 bits per heavy atom. The van der Waals surface area contributed by atoms with Gasteiger partial charge < -0.3 is 0 Å². The first-order chi connectivity index (χ1) is 4.18. The molecular formula is C7H7BS. The first-order valence-electron chi connectivity index (χ1n) is 2.74. The van der Waals surface area contributed by atoms with Crippen molar-refractivity contribution in [3.8, 4) is 0 Å². The van der Waals surface area contributed by atoms with Gasteiger partial charge in [-0.05, 0) is 13.0 Å². The van der Waals surface area contributed by atoms with Gasteiger partial charge in [-0.15, -0.1) is 12.6 Å². The van der Waals surface area contributed by atoms with Gasteiger partial charge in [-0.1, -0.05) is 23.2 Å². The number of thiol groups is 1. The molecule has 0 aliphatic rings. The molecule has 0 saturated carbocycles. The van der Waals surface area contributed by atoms with Crippen LogP contribution in [0.15, 0.2) is 23.1 Å². The highest BCUT2D eigenvalue weighted by molar-refractivity contribution is 7.80. The van der Waals surface area contributed by atoms with Crippen molar-refractivity contribution in [2.75, 3.05) is 0 Å². The van der Waals surface area contributed by atoms with E-state index in [0.717, 1.165) is 15.9 Å². The molecule has 1 aromatic carbocycles. The molecular weight excluding hydrogens is 127 g/mol. The lowest BCUT2D eigenvalue weighted by Crippen LogP contribution is -2.01. The van der Waals surface area contributed by atoms with E-state index in [-0.39, 0.29) is 0 Å². The molecule has 0 amide bonds. The van der Waals surface area contributed by atoms with Crippen LogP contribution in [0.2, 0.25) is 0 Å². The lowest BCUT2D eigenvalue weighted by Gasteiger charge is -1.96. The number of benzene rings is 1. The summed E-state index contributed by atoms with van der Waals surface area (Å²) in [5.74, 6) is 0. The lowest BCUT2D eigenvalue weighted by molar-refractivity contribution is 1.39. The van der Waals surface area contributed by atoms with Crippen molar-refractivity contribution in [3.63, 3.8) is 0 Å². The Kier molecular flexibility index (Phi) is 1.86. The smallest absolute Gasteiger partial charge is 0.113 e. The molecule has 0 saturated heterocycles. The van der Waals surface area contributed by atoms with E-state index in [4.69, 9.17) is 7.85 Å². The van der Waals surface area contributed by atoms with E-state index >= 15 is 0 Å². The topological polar surface area (TPSA) is 0 Å². The molecule has 0 atom stereocenters. The van der Waals surface area contributed by atoms with Crippen molar-refractivity contribution in [2.24, 2.45) is 0 Å². The summed E-state index contributed by atoms with van der Waals surface area (Å²) in [6.07, 6.45) is 0. The lowest BCUT2D eigenvalue weighted by atomic mass is 9.95. The largest absolute Gasteiger partial charge is 0.143 e. The minimum Gasteiger partial charge on any atom is -0.143 e. The molecule has 0 bridgehead atoms. The SMILES string of the molecule is [B]c1cc(C)cc(S)c1. The van der Waals surface area contributed by atoms with Gasteiger partial charge in [0.15, 0.2) is 0 Å². The second kappa shape index (κ2) is 2.48. The molecule has 2 radical (unpaired) electrons. The summed E-state index contributed by atoms with van der Waals surface area (Å²) in [6.45, 7) is 2.00. The van der Waals surface area contributed by atoms with Crippen LogP contribution in [0.3, 0.4) is 0 Å². The first-order valence-corrected chi connectivity index (χ1v) is 3.19. The minimum absolute atomic E-state index is 0.778. The van der Waals surface area contributed by atoms with Crippen LogP contribution in [-0.2, 0) is 0 Å². The second-order valence-corrected chi connectivity index (χ2v) is 2.62. The van der Waals surface area contributed by atoms with Crippen molar-refractivity contribution in [3.05, 3.63) is 23.8 Å². The van der Waals surface area contributed by atoms with Gasteiger partial charge in [0.2, 0.25) is 0 Å². The summed E-state index contributed by atoms with van der Waals surface area (Å²) in [4.78, 5) is 0.924. The van der Waals surface area contributed by atoms with Gasteiger partial charge in [-0.25, -0.2) is 0 Å². The van der Waals surface area contributed by atoms with Gasteiger partial charge in [0.25, 0.3) is 0 Å². The maximum absolute atomic E-state index is 5.51. The highest BCUT2D eigenvalue weighted by Gasteiger charge is 1.87. The minimum atomic E-state index is 0.778. The summed E-state index contributed by atoms with van der Waals surface area (Å²) in [6, 6.07) is 5.72. The Morgan fingerprint density at radius 2 is 2.00 bits per heavy atom. The van der Waals surface area contributed by atoms with E-state index in [1.165, 1.54) is 0 Å². The van der Waals surface area contributed by atoms with E-state index in [1.54, 1.807) is 0 Å². The summed E-state index contributed by atoms with van der Waals surface area (Å²) >= 11 is 4.14. The van der Waals surface area contributed by atoms with Gasteiger partial charge in [-0.2, -0.15) is 0 Å². The molecule has 9 heavy (non-hydrogen) atoms. The monoisotopic (exact) mass is 134 g/mol. The van der Waals surface area contributed by atoms with Gasteiger partial charge in [0.05, 0.1) is 0 Å². The molecule has 0 spiro atoms. The summed E-state index contributed by atoms with van der Waals surface area (Å²) < 4.78 is 0. The Hall–Kier alpha value is -0.365. The molecule has 0 fully saturated rings. The molecule has 0 unspecified atom stereocenters. The third-order valence-corrected chi connectivity index (χ3v) is 1.34. The highest BCUT2D eigenvalue weighted by atomic mass is 32.1. The summed E-state index contributed by atoms with van der Waals surface area (Å²) in [5, 5.41) is 0. The number of hydrogen-bond acceptors (Lipinski definition) is 1. The molecule has 0 aromatic heterocycles. The van der Waals surface area contributed by atoms with Crippen LogP contribution in [0.1, 0.15) is 5.56 Å². The normalized spacial score (nSPS) is 9.56. The van der Waals surface area contributed by atoms with Crippen LogP contribution in [-0.4, -0.2) is 7.85 Å². The average Bonchev–Trinajstić information content (AvgIpc) is 1.59. The Morgan fingerprint density at radius 3 is 2.44 bits per heavy atom. The van der Waals surface area contributed by atoms with Crippen LogP contribution in [0.5, 0.6) is 0 Å². The van der Waals surface area contributed by atoms with E-state index in [0.29, 0.717) is 0 Å². The average molecular weight is 134 g/mol. The van der Waals surface area contributed by atoms with Crippen molar-refractivity contribution >= 4 is 25.9 Å². The Bertz CT molecular complexity index is 170. The zero-order chi connectivity index (χ0) is 6.85. The molecule has 0 heterocycles. The summed E-state index contributed by atoms with van der Waals surface area (Å²) in [7, 11) is 5.51. The quantitative estimate of drug-likeness (QED) is 0.398. The molecule has 44 valence electrons. The molecule has 2 heteroatoms. The second-order valence-electron chi connectivity index (χ2n) is 2.10. The van der Waals surface area contributed by atoms with Crippen molar-refractivity contribution in [1.82, 2.24) is 0 Å². The number of aryl methyl sites for hydroxylation is 1. The van der Waals surface area contributed by atoms with Gasteiger partial charge in [0.1, 0.15) is 7.85 Å². The van der Waals surface area contributed by atoms with Gasteiger partial charge in [-0.3, -0.25) is 0 Å². The van der Waals surface area contributed by atoms with Crippen LogP contribution in [0, 0.1) is 6.92 Å². The van der Waals surface area contributed by atoms with E-state index in [9.17, 15) is 0 Å². The van der Waals surface area contributed by atoms with E-state index in [1.807, 2.05) is 25.1 Å². The predicted molar refractivity (Wildman–Crippen MR) is 43.8 cm³/mol. The van der Waals surface area contributed by atoms with Gasteiger partial charge in [0, 0.05) is 4.90 Å². The van der Waals surface area contributed by atoms with Gasteiger partial charge >= 0.3 is 0 Å². The fraction of sp³-hybridized carbons (Fsp3) is 0.143. The van der Waals surface area contributed by atoms with Crippen LogP contribution in [0.4, 0.5) is 0 Å². The van der Waals surface area contributed by atoms with Crippen LogP contribution in [0.25, 0.3) is 0 Å². The zero-order valence-electron chi connectivity index (χ0n) is 5.26. The molecule has 0 aliphatic heterocycles.